The molecule has 0 aromatic rings. The van der Waals surface area contributed by atoms with Crippen LogP contribution >= 0.6 is 0 Å². The van der Waals surface area contributed by atoms with Crippen LogP contribution in [0.3, 0.4) is 0 Å². The van der Waals surface area contributed by atoms with E-state index in [0.717, 1.165) is 62.7 Å². The third-order valence-corrected chi connectivity index (χ3v) is 9.27. The molecule has 2 unspecified atom stereocenters. The van der Waals surface area contributed by atoms with Crippen LogP contribution in [-0.4, -0.2) is 43.0 Å². The van der Waals surface area contributed by atoms with Gasteiger partial charge in [-0.1, -0.05) is 0 Å². The van der Waals surface area contributed by atoms with Crippen LogP contribution in [0.4, 0.5) is 0 Å². The summed E-state index contributed by atoms with van der Waals surface area (Å²) >= 11 is 0. The molecule has 6 fully saturated rings. The highest BCUT2D eigenvalue weighted by Gasteiger charge is 2.55. The van der Waals surface area contributed by atoms with Crippen molar-refractivity contribution in [3.05, 3.63) is 0 Å². The molecular weight excluding hydrogens is 336 g/mol. The summed E-state index contributed by atoms with van der Waals surface area (Å²) in [5, 5.41) is 3.39. The van der Waals surface area contributed by atoms with E-state index in [9.17, 15) is 13.2 Å². The number of sulfonamides is 1. The highest BCUT2D eigenvalue weighted by Crippen LogP contribution is 2.60. The molecule has 0 aromatic carbocycles. The third kappa shape index (κ3) is 2.66. The van der Waals surface area contributed by atoms with E-state index in [-0.39, 0.29) is 23.5 Å². The maximum absolute atomic E-state index is 13.2. The summed E-state index contributed by atoms with van der Waals surface area (Å²) in [6.45, 7) is 0. The van der Waals surface area contributed by atoms with Crippen LogP contribution < -0.4 is 5.32 Å². The van der Waals surface area contributed by atoms with Crippen molar-refractivity contribution < 1.29 is 13.2 Å². The van der Waals surface area contributed by atoms with Gasteiger partial charge in [-0.25, -0.2) is 8.42 Å². The molecule has 6 aliphatic rings. The molecule has 2 atom stereocenters. The fourth-order valence-electron chi connectivity index (χ4n) is 7.52. The molecule has 5 nitrogen and oxygen atoms in total. The zero-order chi connectivity index (χ0) is 17.4. The number of carbonyl (C=O) groups is 1. The highest BCUT2D eigenvalue weighted by molar-refractivity contribution is 7.88. The number of hydrogen-bond acceptors (Lipinski definition) is 3. The molecule has 6 rings (SSSR count). The molecule has 2 saturated heterocycles. The number of hydrogen-bond donors (Lipinski definition) is 1. The van der Waals surface area contributed by atoms with Gasteiger partial charge in [0.15, 0.2) is 0 Å². The van der Waals surface area contributed by atoms with E-state index in [0.29, 0.717) is 5.91 Å². The smallest absolute Gasteiger partial charge is 0.226 e. The number of carbonyl (C=O) groups excluding carboxylic acids is 1. The summed E-state index contributed by atoms with van der Waals surface area (Å²) in [6.07, 6.45) is 12.1. The molecule has 6 heteroatoms. The first-order valence-corrected chi connectivity index (χ1v) is 12.0. The molecule has 2 heterocycles. The van der Waals surface area contributed by atoms with E-state index in [2.05, 4.69) is 5.32 Å². The molecule has 140 valence electrons. The highest BCUT2D eigenvalue weighted by atomic mass is 32.2. The normalized spacial score (nSPS) is 48.7. The summed E-state index contributed by atoms with van der Waals surface area (Å²) in [4.78, 5) is 13.2. The minimum Gasteiger partial charge on any atom is -0.353 e. The number of rotatable bonds is 3. The second-order valence-electron chi connectivity index (χ2n) is 9.82. The Morgan fingerprint density at radius 1 is 0.920 bits per heavy atom. The van der Waals surface area contributed by atoms with Gasteiger partial charge in [-0.05, 0) is 82.0 Å². The number of nitrogens with zero attached hydrogens (tertiary/aromatic N) is 1. The van der Waals surface area contributed by atoms with Gasteiger partial charge in [0.25, 0.3) is 0 Å². The van der Waals surface area contributed by atoms with Crippen LogP contribution in [0, 0.1) is 23.2 Å². The molecule has 4 aliphatic carbocycles. The molecule has 0 radical (unpaired) electrons. The summed E-state index contributed by atoms with van der Waals surface area (Å²) in [5.41, 5.74) is -0.0955. The molecule has 4 saturated carbocycles. The molecule has 1 N–H and O–H groups in total. The molecule has 0 aromatic heterocycles. The number of fused-ring (bicyclic) bond motifs is 2. The van der Waals surface area contributed by atoms with Gasteiger partial charge >= 0.3 is 0 Å². The van der Waals surface area contributed by atoms with Crippen LogP contribution in [-0.2, 0) is 14.8 Å². The SMILES string of the molecule is CS(=O)(=O)N1C2CCC1CC(NC(=O)C13CC4CC(CC(C4)C1)C3)C2. The maximum Gasteiger partial charge on any atom is 0.226 e. The van der Waals surface area contributed by atoms with Gasteiger partial charge in [0, 0.05) is 23.5 Å². The van der Waals surface area contributed by atoms with Crippen LogP contribution in [0.1, 0.15) is 64.2 Å². The molecule has 25 heavy (non-hydrogen) atoms. The van der Waals surface area contributed by atoms with E-state index in [1.807, 2.05) is 0 Å². The summed E-state index contributed by atoms with van der Waals surface area (Å²) < 4.78 is 25.8. The quantitative estimate of drug-likeness (QED) is 0.833. The van der Waals surface area contributed by atoms with Crippen LogP contribution in [0.15, 0.2) is 0 Å². The zero-order valence-electron chi connectivity index (χ0n) is 15.1. The summed E-state index contributed by atoms with van der Waals surface area (Å²) in [5.74, 6) is 2.63. The topological polar surface area (TPSA) is 66.5 Å². The molecule has 0 spiro atoms. The van der Waals surface area contributed by atoms with E-state index in [4.69, 9.17) is 0 Å². The van der Waals surface area contributed by atoms with E-state index in [1.165, 1.54) is 25.5 Å². The lowest BCUT2D eigenvalue weighted by atomic mass is 9.49. The molecule has 6 bridgehead atoms. The Kier molecular flexibility index (Phi) is 3.60. The lowest BCUT2D eigenvalue weighted by molar-refractivity contribution is -0.147. The van der Waals surface area contributed by atoms with Crippen molar-refractivity contribution in [1.29, 1.82) is 0 Å². The summed E-state index contributed by atoms with van der Waals surface area (Å²) in [6, 6.07) is 0.349. The van der Waals surface area contributed by atoms with E-state index in [1.54, 1.807) is 4.31 Å². The first kappa shape index (κ1) is 16.5. The van der Waals surface area contributed by atoms with Crippen LogP contribution in [0.5, 0.6) is 0 Å². The Morgan fingerprint density at radius 2 is 1.40 bits per heavy atom. The lowest BCUT2D eigenvalue weighted by Crippen LogP contribution is -2.58. The molecular formula is C19H30N2O3S. The Bertz CT molecular complexity index is 639. The number of amides is 1. The summed E-state index contributed by atoms with van der Waals surface area (Å²) in [7, 11) is -3.13. The average molecular weight is 367 g/mol. The van der Waals surface area contributed by atoms with Gasteiger partial charge in [0.2, 0.25) is 15.9 Å². The van der Waals surface area contributed by atoms with Crippen molar-refractivity contribution in [2.24, 2.45) is 23.2 Å². The Morgan fingerprint density at radius 3 is 1.84 bits per heavy atom. The first-order valence-electron chi connectivity index (χ1n) is 10.1. The third-order valence-electron chi connectivity index (χ3n) is 7.90. The van der Waals surface area contributed by atoms with Crippen molar-refractivity contribution in [3.8, 4) is 0 Å². The van der Waals surface area contributed by atoms with Crippen molar-refractivity contribution >= 4 is 15.9 Å². The van der Waals surface area contributed by atoms with Crippen LogP contribution in [0.2, 0.25) is 0 Å². The predicted octanol–water partition coefficient (Wildman–Crippen LogP) is 2.27. The van der Waals surface area contributed by atoms with Crippen LogP contribution in [0.25, 0.3) is 0 Å². The fourth-order valence-corrected chi connectivity index (χ4v) is 8.99. The van der Waals surface area contributed by atoms with Crippen molar-refractivity contribution in [1.82, 2.24) is 9.62 Å². The predicted molar refractivity (Wildman–Crippen MR) is 95.3 cm³/mol. The van der Waals surface area contributed by atoms with Crippen molar-refractivity contribution in [2.75, 3.05) is 6.26 Å². The van der Waals surface area contributed by atoms with E-state index < -0.39 is 10.0 Å². The fraction of sp³-hybridized carbons (Fsp3) is 0.947. The molecule has 1 amide bonds. The largest absolute Gasteiger partial charge is 0.353 e. The maximum atomic E-state index is 13.2. The second kappa shape index (κ2) is 5.44. The van der Waals surface area contributed by atoms with E-state index >= 15 is 0 Å². The minimum absolute atomic E-state index is 0.0930. The Labute approximate surface area is 151 Å². The van der Waals surface area contributed by atoms with Crippen molar-refractivity contribution in [2.45, 2.75) is 82.3 Å². The number of nitrogens with one attached hydrogen (secondary N) is 1. The zero-order valence-corrected chi connectivity index (χ0v) is 15.9. The van der Waals surface area contributed by atoms with Gasteiger partial charge < -0.3 is 5.32 Å². The Balaban J connectivity index is 1.29. The van der Waals surface area contributed by atoms with Gasteiger partial charge in [-0.15, -0.1) is 0 Å². The van der Waals surface area contributed by atoms with Gasteiger partial charge in [-0.3, -0.25) is 4.79 Å². The first-order chi connectivity index (χ1) is 11.8. The average Bonchev–Trinajstić information content (AvgIpc) is 2.78. The Hall–Kier alpha value is -0.620. The van der Waals surface area contributed by atoms with Gasteiger partial charge in [0.05, 0.1) is 6.26 Å². The van der Waals surface area contributed by atoms with Crippen molar-refractivity contribution in [3.63, 3.8) is 0 Å². The lowest BCUT2D eigenvalue weighted by Gasteiger charge is -2.56. The minimum atomic E-state index is -3.13. The van der Waals surface area contributed by atoms with Gasteiger partial charge in [0.1, 0.15) is 0 Å². The number of piperidine rings is 1. The monoisotopic (exact) mass is 366 g/mol. The molecule has 2 aliphatic heterocycles. The standard InChI is InChI=1S/C19H30N2O3S/c1-25(23,24)21-16-2-3-17(21)8-15(7-16)20-18(22)19-9-12-4-13(10-19)6-14(5-12)11-19/h12-17H,2-11H2,1H3,(H,20,22). The van der Waals surface area contributed by atoms with Gasteiger partial charge in [-0.2, -0.15) is 4.31 Å². The second-order valence-corrected chi connectivity index (χ2v) is 11.7.